The highest BCUT2D eigenvalue weighted by Gasteiger charge is 2.10. The average Bonchev–Trinajstić information content (AvgIpc) is 2.70. The normalized spacial score (nSPS) is 10.2. The molecule has 28 heavy (non-hydrogen) atoms. The average molecular weight is 379 g/mol. The Balaban J connectivity index is 1.68. The van der Waals surface area contributed by atoms with E-state index in [1.54, 1.807) is 43.3 Å². The smallest absolute Gasteiger partial charge is 0.338 e. The van der Waals surface area contributed by atoms with Gasteiger partial charge in [-0.3, -0.25) is 9.78 Å². The van der Waals surface area contributed by atoms with Crippen LogP contribution in [0.3, 0.4) is 0 Å². The second-order valence-electron chi connectivity index (χ2n) is 5.81. The summed E-state index contributed by atoms with van der Waals surface area (Å²) in [6, 6.07) is 15.6. The summed E-state index contributed by atoms with van der Waals surface area (Å²) in [6.45, 7) is 2.07. The van der Waals surface area contributed by atoms with Crippen molar-refractivity contribution in [2.75, 3.05) is 17.2 Å². The van der Waals surface area contributed by atoms with Gasteiger partial charge in [0.05, 0.1) is 12.2 Å². The minimum Gasteiger partial charge on any atom is -0.462 e. The summed E-state index contributed by atoms with van der Waals surface area (Å²) in [5.41, 5.74) is 2.53. The molecule has 0 unspecified atom stereocenters. The number of nitrogens with zero attached hydrogens (tertiary/aromatic N) is 1. The molecule has 0 spiro atoms. The van der Waals surface area contributed by atoms with Crippen LogP contribution in [0.1, 0.15) is 27.8 Å². The van der Waals surface area contributed by atoms with E-state index in [-0.39, 0.29) is 17.5 Å². The maximum atomic E-state index is 13.0. The Bertz CT molecular complexity index is 973. The number of rotatable bonds is 6. The summed E-state index contributed by atoms with van der Waals surface area (Å²) in [5.74, 6) is -1.16. The molecule has 0 fully saturated rings. The number of esters is 1. The molecular weight excluding hydrogens is 361 g/mol. The Morgan fingerprint density at radius 1 is 0.964 bits per heavy atom. The molecule has 0 saturated heterocycles. The van der Waals surface area contributed by atoms with Crippen LogP contribution in [-0.4, -0.2) is 23.5 Å². The highest BCUT2D eigenvalue weighted by atomic mass is 19.1. The monoisotopic (exact) mass is 379 g/mol. The minimum absolute atomic E-state index is 0.206. The SMILES string of the molecule is CCOC(=O)c1ccc(Nc2ccnc(C(=O)Nc3ccc(F)cc3)c2)cc1. The van der Waals surface area contributed by atoms with Crippen LogP contribution in [0.15, 0.2) is 66.9 Å². The molecule has 142 valence electrons. The van der Waals surface area contributed by atoms with Gasteiger partial charge in [-0.05, 0) is 67.6 Å². The second-order valence-corrected chi connectivity index (χ2v) is 5.81. The summed E-state index contributed by atoms with van der Waals surface area (Å²) in [4.78, 5) is 28.1. The van der Waals surface area contributed by atoms with Crippen LogP contribution < -0.4 is 10.6 Å². The van der Waals surface area contributed by atoms with E-state index in [4.69, 9.17) is 4.74 Å². The molecule has 0 aliphatic heterocycles. The lowest BCUT2D eigenvalue weighted by Crippen LogP contribution is -2.13. The van der Waals surface area contributed by atoms with Crippen molar-refractivity contribution in [3.8, 4) is 0 Å². The van der Waals surface area contributed by atoms with Gasteiger partial charge in [0.25, 0.3) is 5.91 Å². The molecule has 1 aromatic heterocycles. The molecule has 0 atom stereocenters. The summed E-state index contributed by atoms with van der Waals surface area (Å²) in [6.07, 6.45) is 1.51. The third-order valence-electron chi connectivity index (χ3n) is 3.78. The third kappa shape index (κ3) is 4.91. The van der Waals surface area contributed by atoms with Crippen molar-refractivity contribution in [2.45, 2.75) is 6.92 Å². The van der Waals surface area contributed by atoms with Crippen molar-refractivity contribution in [1.29, 1.82) is 0 Å². The Morgan fingerprint density at radius 2 is 1.64 bits per heavy atom. The number of hydrogen-bond donors (Lipinski definition) is 2. The molecule has 0 aliphatic rings. The van der Waals surface area contributed by atoms with E-state index in [0.29, 0.717) is 23.5 Å². The van der Waals surface area contributed by atoms with E-state index >= 15 is 0 Å². The van der Waals surface area contributed by atoms with Gasteiger partial charge in [-0.1, -0.05) is 0 Å². The summed E-state index contributed by atoms with van der Waals surface area (Å²) in [5, 5.41) is 5.81. The zero-order valence-electron chi connectivity index (χ0n) is 15.1. The van der Waals surface area contributed by atoms with Crippen molar-refractivity contribution in [3.05, 3.63) is 83.9 Å². The number of carbonyl (C=O) groups excluding carboxylic acids is 2. The van der Waals surface area contributed by atoms with Crippen molar-refractivity contribution in [1.82, 2.24) is 4.98 Å². The van der Waals surface area contributed by atoms with Crippen LogP contribution in [0.2, 0.25) is 0 Å². The van der Waals surface area contributed by atoms with Gasteiger partial charge in [-0.2, -0.15) is 0 Å². The number of ether oxygens (including phenoxy) is 1. The van der Waals surface area contributed by atoms with E-state index in [9.17, 15) is 14.0 Å². The second kappa shape index (κ2) is 8.77. The first-order valence-electron chi connectivity index (χ1n) is 8.62. The first kappa shape index (κ1) is 19.0. The largest absolute Gasteiger partial charge is 0.462 e. The molecule has 1 heterocycles. The molecule has 1 amide bonds. The van der Waals surface area contributed by atoms with Crippen LogP contribution in [0, 0.1) is 5.82 Å². The number of anilines is 3. The molecule has 7 heteroatoms. The molecular formula is C21H18FN3O3. The van der Waals surface area contributed by atoms with Crippen LogP contribution in [0.4, 0.5) is 21.5 Å². The fourth-order valence-electron chi connectivity index (χ4n) is 2.43. The summed E-state index contributed by atoms with van der Waals surface area (Å²) in [7, 11) is 0. The summed E-state index contributed by atoms with van der Waals surface area (Å²) < 4.78 is 17.9. The van der Waals surface area contributed by atoms with Gasteiger partial charge in [-0.15, -0.1) is 0 Å². The van der Waals surface area contributed by atoms with Gasteiger partial charge in [0.2, 0.25) is 0 Å². The lowest BCUT2D eigenvalue weighted by molar-refractivity contribution is 0.0526. The van der Waals surface area contributed by atoms with Gasteiger partial charge >= 0.3 is 5.97 Å². The molecule has 0 radical (unpaired) electrons. The first-order valence-corrected chi connectivity index (χ1v) is 8.62. The molecule has 2 N–H and O–H groups in total. The van der Waals surface area contributed by atoms with Crippen LogP contribution in [-0.2, 0) is 4.74 Å². The molecule has 0 saturated carbocycles. The van der Waals surface area contributed by atoms with Gasteiger partial charge in [0.15, 0.2) is 0 Å². The lowest BCUT2D eigenvalue weighted by Gasteiger charge is -2.09. The molecule has 2 aromatic carbocycles. The number of pyridine rings is 1. The Hall–Kier alpha value is -3.74. The number of amides is 1. The van der Waals surface area contributed by atoms with Crippen molar-refractivity contribution in [2.24, 2.45) is 0 Å². The first-order chi connectivity index (χ1) is 13.5. The molecule has 3 rings (SSSR count). The maximum absolute atomic E-state index is 13.0. The zero-order chi connectivity index (χ0) is 19.9. The Kier molecular flexibility index (Phi) is 5.96. The topological polar surface area (TPSA) is 80.3 Å². The number of aromatic nitrogens is 1. The van der Waals surface area contributed by atoms with Gasteiger partial charge in [0, 0.05) is 23.3 Å². The third-order valence-corrected chi connectivity index (χ3v) is 3.78. The number of carbonyl (C=O) groups is 2. The predicted molar refractivity (Wildman–Crippen MR) is 104 cm³/mol. The van der Waals surface area contributed by atoms with Crippen LogP contribution in [0.5, 0.6) is 0 Å². The molecule has 0 aliphatic carbocycles. The van der Waals surface area contributed by atoms with Gasteiger partial charge in [-0.25, -0.2) is 9.18 Å². The van der Waals surface area contributed by atoms with Crippen LogP contribution >= 0.6 is 0 Å². The van der Waals surface area contributed by atoms with E-state index in [0.717, 1.165) is 5.69 Å². The minimum atomic E-state index is -0.409. The number of nitrogens with one attached hydrogen (secondary N) is 2. The van der Waals surface area contributed by atoms with Crippen molar-refractivity contribution >= 4 is 28.9 Å². The molecule has 3 aromatic rings. The highest BCUT2D eigenvalue weighted by molar-refractivity contribution is 6.03. The highest BCUT2D eigenvalue weighted by Crippen LogP contribution is 2.18. The number of benzene rings is 2. The fourth-order valence-corrected chi connectivity index (χ4v) is 2.43. The lowest BCUT2D eigenvalue weighted by atomic mass is 10.2. The predicted octanol–water partition coefficient (Wildman–Crippen LogP) is 4.39. The maximum Gasteiger partial charge on any atom is 0.338 e. The Morgan fingerprint density at radius 3 is 2.32 bits per heavy atom. The number of hydrogen-bond acceptors (Lipinski definition) is 5. The van der Waals surface area contributed by atoms with Gasteiger partial charge in [0.1, 0.15) is 11.5 Å². The Labute approximate surface area is 161 Å². The quantitative estimate of drug-likeness (QED) is 0.621. The zero-order valence-corrected chi connectivity index (χ0v) is 15.1. The number of halogens is 1. The fraction of sp³-hybridized carbons (Fsp3) is 0.0952. The van der Waals surface area contributed by atoms with Crippen LogP contribution in [0.25, 0.3) is 0 Å². The van der Waals surface area contributed by atoms with Gasteiger partial charge < -0.3 is 15.4 Å². The molecule has 6 nitrogen and oxygen atoms in total. The van der Waals surface area contributed by atoms with E-state index in [1.165, 1.54) is 30.5 Å². The van der Waals surface area contributed by atoms with Crippen molar-refractivity contribution < 1.29 is 18.7 Å². The molecule has 0 bridgehead atoms. The van der Waals surface area contributed by atoms with E-state index < -0.39 is 5.91 Å². The van der Waals surface area contributed by atoms with E-state index in [1.807, 2.05) is 0 Å². The van der Waals surface area contributed by atoms with Crippen molar-refractivity contribution in [3.63, 3.8) is 0 Å². The standard InChI is InChI=1S/C21H18FN3O3/c1-2-28-21(27)14-3-7-16(8-4-14)24-18-11-12-23-19(13-18)20(26)25-17-9-5-15(22)6-10-17/h3-13H,2H2,1H3,(H,23,24)(H,25,26). The van der Waals surface area contributed by atoms with E-state index in [2.05, 4.69) is 15.6 Å². The summed E-state index contributed by atoms with van der Waals surface area (Å²) >= 11 is 0.